The molecule has 1 aliphatic heterocycles. The molecule has 0 fully saturated rings. The molecular weight excluding hydrogens is 182 g/mol. The number of nitrogens with one attached hydrogen (secondary N) is 1. The van der Waals surface area contributed by atoms with E-state index >= 15 is 0 Å². The van der Waals surface area contributed by atoms with Gasteiger partial charge in [0.1, 0.15) is 11.2 Å². The summed E-state index contributed by atoms with van der Waals surface area (Å²) in [5, 5.41) is 6.32. The molecule has 0 amide bonds. The van der Waals surface area contributed by atoms with Crippen molar-refractivity contribution in [3.63, 3.8) is 0 Å². The summed E-state index contributed by atoms with van der Waals surface area (Å²) in [6.07, 6.45) is 1.39. The highest BCUT2D eigenvalue weighted by atomic mass is 35.5. The predicted molar refractivity (Wildman–Crippen MR) is 47.5 cm³/mol. The molecule has 0 radical (unpaired) electrons. The van der Waals surface area contributed by atoms with E-state index in [4.69, 9.17) is 17.3 Å². The minimum absolute atomic E-state index is 0.207. The molecule has 2 heterocycles. The van der Waals surface area contributed by atoms with Crippen molar-refractivity contribution in [1.29, 1.82) is 0 Å². The van der Waals surface area contributed by atoms with Crippen molar-refractivity contribution in [1.82, 2.24) is 5.32 Å². The molecule has 0 saturated carbocycles. The van der Waals surface area contributed by atoms with Gasteiger partial charge in [-0.1, -0.05) is 11.6 Å². The summed E-state index contributed by atoms with van der Waals surface area (Å²) in [4.78, 5) is 4.08. The number of nitrogens with zero attached hydrogens (tertiary/aromatic N) is 1. The Morgan fingerprint density at radius 3 is 3.27 bits per heavy atom. The fourth-order valence-corrected chi connectivity index (χ4v) is 2.19. The van der Waals surface area contributed by atoms with Crippen molar-refractivity contribution in [3.8, 4) is 0 Å². The lowest BCUT2D eigenvalue weighted by molar-refractivity contribution is 0.685. The predicted octanol–water partition coefficient (Wildman–Crippen LogP) is 1.62. The fourth-order valence-electron chi connectivity index (χ4n) is 0.978. The maximum atomic E-state index is 5.87. The zero-order chi connectivity index (χ0) is 7.84. The zero-order valence-corrected chi connectivity index (χ0v) is 7.12. The van der Waals surface area contributed by atoms with Crippen LogP contribution in [0.4, 0.5) is 5.00 Å². The Morgan fingerprint density at radius 1 is 1.73 bits per heavy atom. The molecule has 0 aliphatic carbocycles. The van der Waals surface area contributed by atoms with Gasteiger partial charge in [0.2, 0.25) is 0 Å². The largest absolute Gasteiger partial charge is 0.357 e. The van der Waals surface area contributed by atoms with Crippen molar-refractivity contribution < 1.29 is 0 Å². The van der Waals surface area contributed by atoms with Gasteiger partial charge in [0, 0.05) is 10.9 Å². The smallest absolute Gasteiger partial charge is 0.125 e. The number of fused-ring (bicyclic) bond motifs is 1. The highest BCUT2D eigenvalue weighted by molar-refractivity contribution is 7.14. The standard InChI is InChI=1S/C6H6ClN3S/c7-3-1-11-6-4(3)5(8)9-2-10-6/h1-2,5H,8H2,(H,9,10). The first-order valence-corrected chi connectivity index (χ1v) is 4.36. The van der Waals surface area contributed by atoms with Crippen molar-refractivity contribution in [2.24, 2.45) is 10.7 Å². The van der Waals surface area contributed by atoms with Gasteiger partial charge in [0.05, 0.1) is 11.4 Å². The molecule has 1 unspecified atom stereocenters. The van der Waals surface area contributed by atoms with Crippen molar-refractivity contribution in [2.75, 3.05) is 0 Å². The molecule has 1 atom stereocenters. The average Bonchev–Trinajstić information content (AvgIpc) is 2.34. The summed E-state index contributed by atoms with van der Waals surface area (Å²) >= 11 is 7.37. The van der Waals surface area contributed by atoms with Crippen LogP contribution in [0, 0.1) is 0 Å². The molecular formula is C6H6ClN3S. The quantitative estimate of drug-likeness (QED) is 0.649. The van der Waals surface area contributed by atoms with Crippen LogP contribution in [0.1, 0.15) is 11.7 Å². The molecule has 0 bridgehead atoms. The summed E-state index contributed by atoms with van der Waals surface area (Å²) in [7, 11) is 0. The van der Waals surface area contributed by atoms with Gasteiger partial charge in [0.25, 0.3) is 0 Å². The number of thiophene rings is 1. The van der Waals surface area contributed by atoms with Gasteiger partial charge >= 0.3 is 0 Å². The van der Waals surface area contributed by atoms with Gasteiger partial charge in [0.15, 0.2) is 0 Å². The van der Waals surface area contributed by atoms with Gasteiger partial charge in [-0.2, -0.15) is 0 Å². The second-order valence-corrected chi connectivity index (χ2v) is 3.47. The van der Waals surface area contributed by atoms with Crippen LogP contribution in [0.25, 0.3) is 0 Å². The lowest BCUT2D eigenvalue weighted by Crippen LogP contribution is -2.29. The molecule has 0 spiro atoms. The Morgan fingerprint density at radius 2 is 2.55 bits per heavy atom. The Kier molecular flexibility index (Phi) is 1.60. The van der Waals surface area contributed by atoms with E-state index in [1.165, 1.54) is 11.3 Å². The SMILES string of the molecule is NC1NC=Nc2scc(Cl)c21. The first-order chi connectivity index (χ1) is 5.29. The molecule has 1 aromatic heterocycles. The van der Waals surface area contributed by atoms with Gasteiger partial charge in [-0.05, 0) is 0 Å². The van der Waals surface area contributed by atoms with Crippen LogP contribution < -0.4 is 11.1 Å². The summed E-state index contributed by atoms with van der Waals surface area (Å²) < 4.78 is 0. The summed E-state index contributed by atoms with van der Waals surface area (Å²) in [6, 6.07) is 0. The Bertz CT molecular complexity index is 307. The maximum Gasteiger partial charge on any atom is 0.125 e. The number of aliphatic imine (C=N–C) groups is 1. The molecule has 1 aromatic rings. The van der Waals surface area contributed by atoms with Gasteiger partial charge in [-0.25, -0.2) is 4.99 Å². The highest BCUT2D eigenvalue weighted by Gasteiger charge is 2.18. The maximum absolute atomic E-state index is 5.87. The highest BCUT2D eigenvalue weighted by Crippen LogP contribution is 2.38. The molecule has 0 saturated heterocycles. The van der Waals surface area contributed by atoms with E-state index in [-0.39, 0.29) is 6.17 Å². The second kappa shape index (κ2) is 2.48. The van der Waals surface area contributed by atoms with Crippen LogP contribution in [-0.4, -0.2) is 6.34 Å². The fraction of sp³-hybridized carbons (Fsp3) is 0.167. The lowest BCUT2D eigenvalue weighted by Gasteiger charge is -2.15. The van der Waals surface area contributed by atoms with E-state index in [0.29, 0.717) is 5.02 Å². The van der Waals surface area contributed by atoms with Crippen LogP contribution in [-0.2, 0) is 0 Å². The first-order valence-electron chi connectivity index (χ1n) is 3.10. The monoisotopic (exact) mass is 187 g/mol. The minimum Gasteiger partial charge on any atom is -0.357 e. The average molecular weight is 188 g/mol. The van der Waals surface area contributed by atoms with Crippen molar-refractivity contribution in [3.05, 3.63) is 16.0 Å². The van der Waals surface area contributed by atoms with E-state index in [9.17, 15) is 0 Å². The number of hydrogen-bond acceptors (Lipinski definition) is 4. The first kappa shape index (κ1) is 7.09. The number of nitrogens with two attached hydrogens (primary N) is 1. The Labute approximate surface area is 72.9 Å². The van der Waals surface area contributed by atoms with Crippen LogP contribution in [0.5, 0.6) is 0 Å². The number of rotatable bonds is 0. The molecule has 5 heteroatoms. The number of hydrogen-bond donors (Lipinski definition) is 2. The molecule has 58 valence electrons. The van der Waals surface area contributed by atoms with Crippen LogP contribution in [0.2, 0.25) is 5.02 Å². The molecule has 1 aliphatic rings. The number of halogens is 1. The summed E-state index contributed by atoms with van der Waals surface area (Å²) in [6.45, 7) is 0. The summed E-state index contributed by atoms with van der Waals surface area (Å²) in [5.41, 5.74) is 6.61. The van der Waals surface area contributed by atoms with Gasteiger partial charge < -0.3 is 11.1 Å². The molecule has 0 aromatic carbocycles. The Hall–Kier alpha value is -0.580. The zero-order valence-electron chi connectivity index (χ0n) is 5.54. The summed E-state index contributed by atoms with van der Waals surface area (Å²) in [5.74, 6) is 0. The molecule has 3 nitrogen and oxygen atoms in total. The van der Waals surface area contributed by atoms with Crippen LogP contribution in [0.3, 0.4) is 0 Å². The van der Waals surface area contributed by atoms with Crippen LogP contribution >= 0.6 is 22.9 Å². The van der Waals surface area contributed by atoms with E-state index in [1.54, 1.807) is 6.34 Å². The van der Waals surface area contributed by atoms with Crippen molar-refractivity contribution in [2.45, 2.75) is 6.17 Å². The normalized spacial score (nSPS) is 21.1. The Balaban J connectivity index is 2.58. The van der Waals surface area contributed by atoms with E-state index in [0.717, 1.165) is 10.6 Å². The minimum atomic E-state index is -0.207. The molecule has 2 rings (SSSR count). The van der Waals surface area contributed by atoms with E-state index in [2.05, 4.69) is 10.3 Å². The van der Waals surface area contributed by atoms with E-state index in [1.807, 2.05) is 5.38 Å². The molecule has 11 heavy (non-hydrogen) atoms. The molecule has 3 N–H and O–H groups in total. The van der Waals surface area contributed by atoms with Crippen molar-refractivity contribution >= 4 is 34.3 Å². The topological polar surface area (TPSA) is 50.4 Å². The third-order valence-corrected chi connectivity index (χ3v) is 2.85. The lowest BCUT2D eigenvalue weighted by atomic mass is 10.2. The third kappa shape index (κ3) is 1.03. The van der Waals surface area contributed by atoms with Gasteiger partial charge in [-0.15, -0.1) is 11.3 Å². The van der Waals surface area contributed by atoms with E-state index < -0.39 is 0 Å². The second-order valence-electron chi connectivity index (χ2n) is 2.21. The van der Waals surface area contributed by atoms with Gasteiger partial charge in [-0.3, -0.25) is 0 Å². The van der Waals surface area contributed by atoms with Crippen LogP contribution in [0.15, 0.2) is 10.4 Å². The third-order valence-electron chi connectivity index (χ3n) is 1.51.